The number of aromatic amines is 1. The van der Waals surface area contributed by atoms with Gasteiger partial charge in [-0.15, -0.1) is 0 Å². The van der Waals surface area contributed by atoms with Crippen molar-refractivity contribution in [3.63, 3.8) is 0 Å². The van der Waals surface area contributed by atoms with Gasteiger partial charge < -0.3 is 14.5 Å². The molecule has 0 atom stereocenters. The van der Waals surface area contributed by atoms with Gasteiger partial charge in [0.2, 0.25) is 0 Å². The number of aromatic nitrogens is 1. The fourth-order valence-electron chi connectivity index (χ4n) is 3.12. The van der Waals surface area contributed by atoms with Crippen molar-refractivity contribution in [2.24, 2.45) is 0 Å². The Balaban J connectivity index is 1.76. The standard InChI is InChI=1S/C21H19NO2/c1-14-11-16-18(22-17-9-6-10-19(23-2)21(16)17)12-20(14)24-13-15-7-4-3-5-8-15/h3-12,22H,13H2,1-2H3. The minimum atomic E-state index is 0.566. The molecule has 0 amide bonds. The van der Waals surface area contributed by atoms with Gasteiger partial charge in [0.25, 0.3) is 0 Å². The molecule has 3 heteroatoms. The smallest absolute Gasteiger partial charge is 0.128 e. The number of nitrogens with one attached hydrogen (secondary N) is 1. The molecule has 4 aromatic rings. The van der Waals surface area contributed by atoms with E-state index in [-0.39, 0.29) is 0 Å². The highest BCUT2D eigenvalue weighted by molar-refractivity contribution is 6.11. The molecule has 0 aliphatic rings. The summed E-state index contributed by atoms with van der Waals surface area (Å²) >= 11 is 0. The van der Waals surface area contributed by atoms with Crippen molar-refractivity contribution in [2.45, 2.75) is 13.5 Å². The molecular weight excluding hydrogens is 298 g/mol. The quantitative estimate of drug-likeness (QED) is 0.560. The largest absolute Gasteiger partial charge is 0.496 e. The monoisotopic (exact) mass is 317 g/mol. The number of aryl methyl sites for hydroxylation is 1. The summed E-state index contributed by atoms with van der Waals surface area (Å²) < 4.78 is 11.6. The van der Waals surface area contributed by atoms with E-state index in [1.807, 2.05) is 30.3 Å². The number of fused-ring (bicyclic) bond motifs is 3. The van der Waals surface area contributed by atoms with Crippen LogP contribution in [0.4, 0.5) is 0 Å². The molecule has 0 saturated heterocycles. The third-order valence-corrected chi connectivity index (χ3v) is 4.34. The minimum Gasteiger partial charge on any atom is -0.496 e. The van der Waals surface area contributed by atoms with E-state index in [2.05, 4.69) is 42.2 Å². The van der Waals surface area contributed by atoms with E-state index < -0.39 is 0 Å². The van der Waals surface area contributed by atoms with E-state index in [0.29, 0.717) is 6.61 Å². The van der Waals surface area contributed by atoms with Gasteiger partial charge in [0, 0.05) is 16.8 Å². The molecule has 24 heavy (non-hydrogen) atoms. The first-order valence-electron chi connectivity index (χ1n) is 8.02. The molecule has 1 heterocycles. The second-order valence-electron chi connectivity index (χ2n) is 5.95. The van der Waals surface area contributed by atoms with Gasteiger partial charge in [0.1, 0.15) is 18.1 Å². The Morgan fingerprint density at radius 1 is 0.875 bits per heavy atom. The van der Waals surface area contributed by atoms with Crippen LogP contribution in [-0.4, -0.2) is 12.1 Å². The third kappa shape index (κ3) is 2.48. The van der Waals surface area contributed by atoms with Crippen molar-refractivity contribution >= 4 is 21.8 Å². The maximum absolute atomic E-state index is 6.03. The van der Waals surface area contributed by atoms with Crippen molar-refractivity contribution in [1.29, 1.82) is 0 Å². The van der Waals surface area contributed by atoms with Gasteiger partial charge in [-0.2, -0.15) is 0 Å². The van der Waals surface area contributed by atoms with Crippen molar-refractivity contribution in [1.82, 2.24) is 4.98 Å². The number of H-pyrrole nitrogens is 1. The van der Waals surface area contributed by atoms with Gasteiger partial charge in [-0.1, -0.05) is 36.4 Å². The van der Waals surface area contributed by atoms with Gasteiger partial charge in [-0.3, -0.25) is 0 Å². The summed E-state index contributed by atoms with van der Waals surface area (Å²) in [6, 6.07) is 20.5. The highest BCUT2D eigenvalue weighted by Gasteiger charge is 2.12. The fraction of sp³-hybridized carbons (Fsp3) is 0.143. The highest BCUT2D eigenvalue weighted by Crippen LogP contribution is 2.36. The van der Waals surface area contributed by atoms with Crippen molar-refractivity contribution < 1.29 is 9.47 Å². The Morgan fingerprint density at radius 3 is 2.50 bits per heavy atom. The molecule has 4 rings (SSSR count). The van der Waals surface area contributed by atoms with Crippen molar-refractivity contribution in [3.05, 3.63) is 71.8 Å². The van der Waals surface area contributed by atoms with E-state index in [1.165, 1.54) is 0 Å². The second-order valence-corrected chi connectivity index (χ2v) is 5.95. The number of hydrogen-bond donors (Lipinski definition) is 1. The highest BCUT2D eigenvalue weighted by atomic mass is 16.5. The van der Waals surface area contributed by atoms with Crippen LogP contribution in [0, 0.1) is 6.92 Å². The molecule has 0 unspecified atom stereocenters. The van der Waals surface area contributed by atoms with Crippen LogP contribution < -0.4 is 9.47 Å². The van der Waals surface area contributed by atoms with E-state index >= 15 is 0 Å². The number of methoxy groups -OCH3 is 1. The Labute approximate surface area is 140 Å². The molecule has 1 aromatic heterocycles. The average molecular weight is 317 g/mol. The van der Waals surface area contributed by atoms with Crippen LogP contribution in [0.3, 0.4) is 0 Å². The molecule has 0 radical (unpaired) electrons. The summed E-state index contributed by atoms with van der Waals surface area (Å²) in [5.74, 6) is 1.79. The Morgan fingerprint density at radius 2 is 1.71 bits per heavy atom. The van der Waals surface area contributed by atoms with Gasteiger partial charge in [0.05, 0.1) is 18.1 Å². The van der Waals surface area contributed by atoms with Crippen molar-refractivity contribution in [3.8, 4) is 11.5 Å². The van der Waals surface area contributed by atoms with Gasteiger partial charge in [-0.25, -0.2) is 0 Å². The number of ether oxygens (including phenoxy) is 2. The fourth-order valence-corrected chi connectivity index (χ4v) is 3.12. The van der Waals surface area contributed by atoms with Crippen LogP contribution in [0.1, 0.15) is 11.1 Å². The molecule has 1 N–H and O–H groups in total. The number of rotatable bonds is 4. The number of benzene rings is 3. The topological polar surface area (TPSA) is 34.2 Å². The maximum atomic E-state index is 6.03. The van der Waals surface area contributed by atoms with Crippen LogP contribution in [0.15, 0.2) is 60.7 Å². The Kier molecular flexibility index (Phi) is 3.62. The average Bonchev–Trinajstić information content (AvgIpc) is 2.98. The molecule has 120 valence electrons. The third-order valence-electron chi connectivity index (χ3n) is 4.34. The summed E-state index contributed by atoms with van der Waals surface area (Å²) in [7, 11) is 1.71. The first-order valence-corrected chi connectivity index (χ1v) is 8.02. The minimum absolute atomic E-state index is 0.566. The van der Waals surface area contributed by atoms with E-state index in [0.717, 1.165) is 44.4 Å². The summed E-state index contributed by atoms with van der Waals surface area (Å²) in [5.41, 5.74) is 4.41. The lowest BCUT2D eigenvalue weighted by molar-refractivity contribution is 0.304. The molecular formula is C21H19NO2. The molecule has 0 fully saturated rings. The van der Waals surface area contributed by atoms with Crippen LogP contribution in [0.25, 0.3) is 21.8 Å². The lowest BCUT2D eigenvalue weighted by Crippen LogP contribution is -1.96. The van der Waals surface area contributed by atoms with Crippen LogP contribution in [0.2, 0.25) is 0 Å². The summed E-state index contributed by atoms with van der Waals surface area (Å²) in [4.78, 5) is 3.46. The van der Waals surface area contributed by atoms with Crippen LogP contribution in [0.5, 0.6) is 11.5 Å². The summed E-state index contributed by atoms with van der Waals surface area (Å²) in [6.45, 7) is 2.64. The lowest BCUT2D eigenvalue weighted by atomic mass is 10.1. The zero-order chi connectivity index (χ0) is 16.5. The first-order chi connectivity index (χ1) is 11.8. The van der Waals surface area contributed by atoms with E-state index in [1.54, 1.807) is 7.11 Å². The van der Waals surface area contributed by atoms with Crippen molar-refractivity contribution in [2.75, 3.05) is 7.11 Å². The zero-order valence-electron chi connectivity index (χ0n) is 13.8. The van der Waals surface area contributed by atoms with E-state index in [9.17, 15) is 0 Å². The second kappa shape index (κ2) is 5.93. The molecule has 3 aromatic carbocycles. The Hall–Kier alpha value is -2.94. The van der Waals surface area contributed by atoms with Crippen LogP contribution >= 0.6 is 0 Å². The molecule has 0 aliphatic heterocycles. The normalized spacial score (nSPS) is 11.1. The molecule has 3 nitrogen and oxygen atoms in total. The van der Waals surface area contributed by atoms with Gasteiger partial charge in [-0.05, 0) is 36.2 Å². The SMILES string of the molecule is COc1cccc2[nH]c3cc(OCc4ccccc4)c(C)cc3c12. The predicted molar refractivity (Wildman–Crippen MR) is 97.9 cm³/mol. The van der Waals surface area contributed by atoms with Gasteiger partial charge in [0.15, 0.2) is 0 Å². The molecule has 0 bridgehead atoms. The molecule has 0 aliphatic carbocycles. The zero-order valence-corrected chi connectivity index (χ0v) is 13.8. The number of hydrogen-bond acceptors (Lipinski definition) is 2. The lowest BCUT2D eigenvalue weighted by Gasteiger charge is -2.10. The van der Waals surface area contributed by atoms with E-state index in [4.69, 9.17) is 9.47 Å². The summed E-state index contributed by atoms with van der Waals surface area (Å²) in [6.07, 6.45) is 0. The maximum Gasteiger partial charge on any atom is 0.128 e. The first kappa shape index (κ1) is 14.6. The molecule has 0 saturated carbocycles. The summed E-state index contributed by atoms with van der Waals surface area (Å²) in [5, 5.41) is 2.28. The Bertz CT molecular complexity index is 1000. The molecule has 0 spiro atoms. The van der Waals surface area contributed by atoms with Gasteiger partial charge >= 0.3 is 0 Å². The predicted octanol–water partition coefficient (Wildman–Crippen LogP) is 5.22. The van der Waals surface area contributed by atoms with Crippen LogP contribution in [-0.2, 0) is 6.61 Å².